The number of aliphatic hydroxyl groups excluding tert-OH is 1. The van der Waals surface area contributed by atoms with E-state index in [4.69, 9.17) is 4.74 Å². The zero-order valence-electron chi connectivity index (χ0n) is 13.1. The SMILES string of the molecule is CC(=O)Oc1ccc(CCC(CO)c2ccc(C)cc2)cc1. The maximum atomic E-state index is 10.9. The van der Waals surface area contributed by atoms with Crippen LogP contribution in [0.2, 0.25) is 0 Å². The van der Waals surface area contributed by atoms with Gasteiger partial charge < -0.3 is 9.84 Å². The Kier molecular flexibility index (Phi) is 5.73. The summed E-state index contributed by atoms with van der Waals surface area (Å²) < 4.78 is 5.02. The van der Waals surface area contributed by atoms with Crippen molar-refractivity contribution in [3.8, 4) is 5.75 Å². The van der Waals surface area contributed by atoms with Crippen LogP contribution in [0.25, 0.3) is 0 Å². The molecule has 2 aromatic rings. The normalized spacial score (nSPS) is 12.0. The fraction of sp³-hybridized carbons (Fsp3) is 0.316. The lowest BCUT2D eigenvalue weighted by molar-refractivity contribution is -0.131. The number of ether oxygens (including phenoxy) is 1. The number of rotatable bonds is 6. The highest BCUT2D eigenvalue weighted by molar-refractivity contribution is 5.69. The van der Waals surface area contributed by atoms with Crippen LogP contribution < -0.4 is 4.74 Å². The van der Waals surface area contributed by atoms with Crippen LogP contribution in [0.4, 0.5) is 0 Å². The van der Waals surface area contributed by atoms with Crippen molar-refractivity contribution in [2.75, 3.05) is 6.61 Å². The van der Waals surface area contributed by atoms with E-state index in [2.05, 4.69) is 31.2 Å². The van der Waals surface area contributed by atoms with Gasteiger partial charge in [-0.05, 0) is 43.0 Å². The van der Waals surface area contributed by atoms with Crippen molar-refractivity contribution >= 4 is 5.97 Å². The summed E-state index contributed by atoms with van der Waals surface area (Å²) in [5.74, 6) is 0.398. The van der Waals surface area contributed by atoms with Crippen LogP contribution >= 0.6 is 0 Å². The Morgan fingerprint density at radius 3 is 2.27 bits per heavy atom. The molecule has 0 saturated carbocycles. The van der Waals surface area contributed by atoms with E-state index in [9.17, 15) is 9.90 Å². The molecule has 1 unspecified atom stereocenters. The summed E-state index contributed by atoms with van der Waals surface area (Å²) in [6.45, 7) is 3.60. The van der Waals surface area contributed by atoms with Crippen LogP contribution in [-0.4, -0.2) is 17.7 Å². The molecule has 22 heavy (non-hydrogen) atoms. The maximum Gasteiger partial charge on any atom is 0.308 e. The van der Waals surface area contributed by atoms with Crippen molar-refractivity contribution in [2.45, 2.75) is 32.6 Å². The molecule has 0 aliphatic rings. The molecule has 0 aliphatic heterocycles. The zero-order chi connectivity index (χ0) is 15.9. The Bertz CT molecular complexity index is 600. The molecule has 2 rings (SSSR count). The molecule has 0 heterocycles. The molecule has 1 atom stereocenters. The molecule has 0 amide bonds. The summed E-state index contributed by atoms with van der Waals surface area (Å²) in [7, 11) is 0. The molecule has 2 aromatic carbocycles. The number of hydrogen-bond acceptors (Lipinski definition) is 3. The van der Waals surface area contributed by atoms with Crippen LogP contribution in [0, 0.1) is 6.92 Å². The Balaban J connectivity index is 1.95. The average Bonchev–Trinajstić information content (AvgIpc) is 2.50. The lowest BCUT2D eigenvalue weighted by atomic mass is 9.92. The second-order valence-electron chi connectivity index (χ2n) is 5.57. The van der Waals surface area contributed by atoms with Gasteiger partial charge in [-0.15, -0.1) is 0 Å². The van der Waals surface area contributed by atoms with Gasteiger partial charge in [0.2, 0.25) is 0 Å². The van der Waals surface area contributed by atoms with E-state index in [-0.39, 0.29) is 18.5 Å². The van der Waals surface area contributed by atoms with Gasteiger partial charge in [0.1, 0.15) is 5.75 Å². The summed E-state index contributed by atoms with van der Waals surface area (Å²) >= 11 is 0. The number of carbonyl (C=O) groups excluding carboxylic acids is 1. The summed E-state index contributed by atoms with van der Waals surface area (Å²) in [5, 5.41) is 9.61. The minimum atomic E-state index is -0.313. The predicted octanol–water partition coefficient (Wildman–Crippen LogP) is 3.63. The van der Waals surface area contributed by atoms with E-state index in [1.54, 1.807) is 12.1 Å². The van der Waals surface area contributed by atoms with Gasteiger partial charge in [0.25, 0.3) is 0 Å². The van der Waals surface area contributed by atoms with Gasteiger partial charge in [0.15, 0.2) is 0 Å². The Morgan fingerprint density at radius 2 is 1.73 bits per heavy atom. The third kappa shape index (κ3) is 4.71. The summed E-state index contributed by atoms with van der Waals surface area (Å²) in [6, 6.07) is 15.8. The highest BCUT2D eigenvalue weighted by atomic mass is 16.5. The van der Waals surface area contributed by atoms with Crippen LogP contribution in [-0.2, 0) is 11.2 Å². The third-order valence-corrected chi connectivity index (χ3v) is 3.74. The second-order valence-corrected chi connectivity index (χ2v) is 5.57. The Hall–Kier alpha value is -2.13. The zero-order valence-corrected chi connectivity index (χ0v) is 13.1. The second kappa shape index (κ2) is 7.76. The van der Waals surface area contributed by atoms with E-state index in [0.717, 1.165) is 12.8 Å². The standard InChI is InChI=1S/C19H22O3/c1-14-3-8-17(9-4-14)18(13-20)10-5-16-6-11-19(12-7-16)22-15(2)21/h3-4,6-9,11-12,18,20H,5,10,13H2,1-2H3. The van der Waals surface area contributed by atoms with Gasteiger partial charge in [0, 0.05) is 19.4 Å². The number of benzene rings is 2. The van der Waals surface area contributed by atoms with Crippen molar-refractivity contribution in [1.29, 1.82) is 0 Å². The van der Waals surface area contributed by atoms with Gasteiger partial charge in [-0.1, -0.05) is 42.0 Å². The van der Waals surface area contributed by atoms with Gasteiger partial charge in [-0.25, -0.2) is 0 Å². The molecule has 0 spiro atoms. The summed E-state index contributed by atoms with van der Waals surface area (Å²) in [5.41, 5.74) is 3.56. The third-order valence-electron chi connectivity index (χ3n) is 3.74. The lowest BCUT2D eigenvalue weighted by Crippen LogP contribution is -2.06. The van der Waals surface area contributed by atoms with E-state index >= 15 is 0 Å². The van der Waals surface area contributed by atoms with Gasteiger partial charge in [-0.3, -0.25) is 4.79 Å². The first kappa shape index (κ1) is 16.2. The van der Waals surface area contributed by atoms with Gasteiger partial charge in [0.05, 0.1) is 0 Å². The molecule has 0 saturated heterocycles. The fourth-order valence-corrected chi connectivity index (χ4v) is 2.43. The van der Waals surface area contributed by atoms with E-state index in [1.165, 1.54) is 23.6 Å². The minimum absolute atomic E-state index is 0.147. The molecule has 0 bridgehead atoms. The molecule has 0 radical (unpaired) electrons. The van der Waals surface area contributed by atoms with Crippen LogP contribution in [0.5, 0.6) is 5.75 Å². The van der Waals surface area contributed by atoms with Crippen LogP contribution in [0.1, 0.15) is 36.0 Å². The van der Waals surface area contributed by atoms with Crippen LogP contribution in [0.3, 0.4) is 0 Å². The predicted molar refractivity (Wildman–Crippen MR) is 87.1 cm³/mol. The first-order valence-corrected chi connectivity index (χ1v) is 7.53. The Morgan fingerprint density at radius 1 is 1.09 bits per heavy atom. The van der Waals surface area contributed by atoms with Crippen molar-refractivity contribution in [1.82, 2.24) is 0 Å². The van der Waals surface area contributed by atoms with E-state index < -0.39 is 0 Å². The maximum absolute atomic E-state index is 10.9. The molecule has 3 heteroatoms. The number of hydrogen-bond donors (Lipinski definition) is 1. The molecule has 3 nitrogen and oxygen atoms in total. The highest BCUT2D eigenvalue weighted by Gasteiger charge is 2.10. The average molecular weight is 298 g/mol. The number of aliphatic hydroxyl groups is 1. The topological polar surface area (TPSA) is 46.5 Å². The smallest absolute Gasteiger partial charge is 0.308 e. The number of aryl methyl sites for hydroxylation is 2. The van der Waals surface area contributed by atoms with Crippen molar-refractivity contribution in [3.63, 3.8) is 0 Å². The monoisotopic (exact) mass is 298 g/mol. The molecule has 1 N–H and O–H groups in total. The molecular weight excluding hydrogens is 276 g/mol. The van der Waals surface area contributed by atoms with Crippen molar-refractivity contribution in [3.05, 3.63) is 65.2 Å². The lowest BCUT2D eigenvalue weighted by Gasteiger charge is -2.15. The first-order valence-electron chi connectivity index (χ1n) is 7.53. The van der Waals surface area contributed by atoms with E-state index in [0.29, 0.717) is 5.75 Å². The minimum Gasteiger partial charge on any atom is -0.427 e. The fourth-order valence-electron chi connectivity index (χ4n) is 2.43. The number of carbonyl (C=O) groups is 1. The molecule has 0 fully saturated rings. The number of esters is 1. The molecular formula is C19H22O3. The van der Waals surface area contributed by atoms with Gasteiger partial charge >= 0.3 is 5.97 Å². The highest BCUT2D eigenvalue weighted by Crippen LogP contribution is 2.22. The quantitative estimate of drug-likeness (QED) is 0.654. The van der Waals surface area contributed by atoms with Gasteiger partial charge in [-0.2, -0.15) is 0 Å². The largest absolute Gasteiger partial charge is 0.427 e. The summed E-state index contributed by atoms with van der Waals surface area (Å²) in [6.07, 6.45) is 1.76. The molecule has 116 valence electrons. The Labute approximate surface area is 131 Å². The molecule has 0 aromatic heterocycles. The van der Waals surface area contributed by atoms with Crippen molar-refractivity contribution < 1.29 is 14.6 Å². The van der Waals surface area contributed by atoms with Crippen LogP contribution in [0.15, 0.2) is 48.5 Å². The first-order chi connectivity index (χ1) is 10.6. The van der Waals surface area contributed by atoms with Crippen molar-refractivity contribution in [2.24, 2.45) is 0 Å². The van der Waals surface area contributed by atoms with E-state index in [1.807, 2.05) is 12.1 Å². The molecule has 0 aliphatic carbocycles. The summed E-state index contributed by atoms with van der Waals surface area (Å²) in [4.78, 5) is 10.9.